The maximum atomic E-state index is 13.1. The maximum Gasteiger partial charge on any atom is 0.253 e. The van der Waals surface area contributed by atoms with Crippen LogP contribution in [0.5, 0.6) is 5.75 Å². The van der Waals surface area contributed by atoms with Gasteiger partial charge >= 0.3 is 0 Å². The number of likely N-dealkylation sites (tertiary alicyclic amines) is 1. The van der Waals surface area contributed by atoms with Crippen LogP contribution in [0, 0.1) is 0 Å². The highest BCUT2D eigenvalue weighted by Gasteiger charge is 2.28. The molecule has 2 saturated heterocycles. The highest BCUT2D eigenvalue weighted by Crippen LogP contribution is 2.27. The lowest BCUT2D eigenvalue weighted by molar-refractivity contribution is 0.0676. The van der Waals surface area contributed by atoms with Gasteiger partial charge in [0.1, 0.15) is 18.2 Å². The summed E-state index contributed by atoms with van der Waals surface area (Å²) in [6.45, 7) is 2.81. The number of piperidine rings is 1. The van der Waals surface area contributed by atoms with E-state index in [4.69, 9.17) is 9.47 Å². The molecule has 0 spiro atoms. The van der Waals surface area contributed by atoms with E-state index < -0.39 is 0 Å². The van der Waals surface area contributed by atoms with Crippen LogP contribution in [0.15, 0.2) is 48.7 Å². The van der Waals surface area contributed by atoms with Crippen molar-refractivity contribution in [3.05, 3.63) is 60.0 Å². The molecule has 7 nitrogen and oxygen atoms in total. The van der Waals surface area contributed by atoms with Gasteiger partial charge in [-0.15, -0.1) is 10.2 Å². The lowest BCUT2D eigenvalue weighted by atomic mass is 9.96. The van der Waals surface area contributed by atoms with E-state index in [0.717, 1.165) is 56.1 Å². The number of rotatable bonds is 5. The Morgan fingerprint density at radius 3 is 2.83 bits per heavy atom. The number of carbonyl (C=O) groups excluding carboxylic acids is 1. The van der Waals surface area contributed by atoms with Crippen LogP contribution in [0.2, 0.25) is 0 Å². The van der Waals surface area contributed by atoms with Crippen molar-refractivity contribution in [3.63, 3.8) is 0 Å². The molecule has 0 N–H and O–H groups in total. The van der Waals surface area contributed by atoms with E-state index in [1.807, 2.05) is 58.0 Å². The van der Waals surface area contributed by atoms with Gasteiger partial charge in [0.25, 0.3) is 5.91 Å². The number of benzene rings is 1. The van der Waals surface area contributed by atoms with Gasteiger partial charge in [-0.05, 0) is 62.1 Å². The normalized spacial score (nSPS) is 21.8. The first kappa shape index (κ1) is 19.1. The molecule has 2 aliphatic rings. The molecule has 3 aromatic rings. The summed E-state index contributed by atoms with van der Waals surface area (Å²) >= 11 is 0. The number of hydrogen-bond acceptors (Lipinski definition) is 5. The second kappa shape index (κ2) is 8.44. The van der Waals surface area contributed by atoms with Crippen molar-refractivity contribution in [1.29, 1.82) is 0 Å². The Hall–Kier alpha value is -2.93. The summed E-state index contributed by atoms with van der Waals surface area (Å²) in [5.41, 5.74) is 1.53. The monoisotopic (exact) mass is 406 g/mol. The minimum Gasteiger partial charge on any atom is -0.491 e. The number of fused-ring (bicyclic) bond motifs is 1. The van der Waals surface area contributed by atoms with Gasteiger partial charge in [-0.2, -0.15) is 0 Å². The first-order valence-electron chi connectivity index (χ1n) is 10.7. The Balaban J connectivity index is 1.24. The van der Waals surface area contributed by atoms with E-state index in [-0.39, 0.29) is 17.9 Å². The largest absolute Gasteiger partial charge is 0.491 e. The zero-order valence-electron chi connectivity index (χ0n) is 16.9. The van der Waals surface area contributed by atoms with Gasteiger partial charge in [-0.25, -0.2) is 0 Å². The van der Waals surface area contributed by atoms with Gasteiger partial charge in [-0.3, -0.25) is 9.20 Å². The van der Waals surface area contributed by atoms with Crippen molar-refractivity contribution in [3.8, 4) is 5.75 Å². The predicted molar refractivity (Wildman–Crippen MR) is 112 cm³/mol. The predicted octanol–water partition coefficient (Wildman–Crippen LogP) is 3.31. The fraction of sp³-hybridized carbons (Fsp3) is 0.435. The molecular formula is C23H26N4O3. The highest BCUT2D eigenvalue weighted by molar-refractivity contribution is 5.94. The second-order valence-electron chi connectivity index (χ2n) is 8.05. The van der Waals surface area contributed by atoms with Crippen molar-refractivity contribution in [2.45, 2.75) is 37.7 Å². The summed E-state index contributed by atoms with van der Waals surface area (Å²) in [7, 11) is 0. The molecule has 1 aromatic carbocycles. The molecule has 156 valence electrons. The summed E-state index contributed by atoms with van der Waals surface area (Å²) in [5.74, 6) is 1.95. The molecule has 1 amide bonds. The summed E-state index contributed by atoms with van der Waals surface area (Å²) in [4.78, 5) is 15.0. The molecule has 2 aromatic heterocycles. The fourth-order valence-corrected chi connectivity index (χ4v) is 4.35. The van der Waals surface area contributed by atoms with Crippen LogP contribution >= 0.6 is 0 Å². The molecule has 2 atom stereocenters. The molecule has 30 heavy (non-hydrogen) atoms. The molecule has 4 heterocycles. The van der Waals surface area contributed by atoms with Crippen LogP contribution in [-0.2, 0) is 4.74 Å². The number of hydrogen-bond donors (Lipinski definition) is 0. The third kappa shape index (κ3) is 3.89. The van der Waals surface area contributed by atoms with E-state index in [1.165, 1.54) is 0 Å². The third-order valence-electron chi connectivity index (χ3n) is 5.97. The molecule has 7 heteroatoms. The molecule has 2 aliphatic heterocycles. The van der Waals surface area contributed by atoms with Crippen LogP contribution in [0.1, 0.15) is 47.8 Å². The lowest BCUT2D eigenvalue weighted by Gasteiger charge is -2.32. The van der Waals surface area contributed by atoms with Gasteiger partial charge in [0.15, 0.2) is 5.65 Å². The minimum atomic E-state index is 0.0548. The first-order valence-corrected chi connectivity index (χ1v) is 10.7. The zero-order valence-corrected chi connectivity index (χ0v) is 16.9. The van der Waals surface area contributed by atoms with Crippen LogP contribution in [0.25, 0.3) is 5.65 Å². The minimum absolute atomic E-state index is 0.0548. The van der Waals surface area contributed by atoms with Gasteiger partial charge in [0.05, 0.1) is 6.10 Å². The average molecular weight is 406 g/mol. The van der Waals surface area contributed by atoms with Crippen LogP contribution in [0.4, 0.5) is 0 Å². The van der Waals surface area contributed by atoms with E-state index in [1.54, 1.807) is 0 Å². The van der Waals surface area contributed by atoms with E-state index >= 15 is 0 Å². The standard InChI is InChI=1S/C23H26N4O3/c28-23(17-8-10-19(11-9-17)30-16-20-6-4-14-29-20)26-12-3-5-18(15-26)22-25-24-21-7-1-2-13-27(21)22/h1-2,7-11,13,18,20H,3-6,12,14-16H2/t18-,20-/m0/s1. The van der Waals surface area contributed by atoms with Crippen molar-refractivity contribution < 1.29 is 14.3 Å². The summed E-state index contributed by atoms with van der Waals surface area (Å²) < 4.78 is 13.4. The van der Waals surface area contributed by atoms with Crippen LogP contribution in [0.3, 0.4) is 0 Å². The van der Waals surface area contributed by atoms with Crippen LogP contribution in [-0.4, -0.2) is 57.8 Å². The maximum absolute atomic E-state index is 13.1. The molecule has 5 rings (SSSR count). The Morgan fingerprint density at radius 2 is 2.00 bits per heavy atom. The fourth-order valence-electron chi connectivity index (χ4n) is 4.35. The second-order valence-corrected chi connectivity index (χ2v) is 8.05. The summed E-state index contributed by atoms with van der Waals surface area (Å²) in [6, 6.07) is 13.3. The van der Waals surface area contributed by atoms with Crippen molar-refractivity contribution in [2.24, 2.45) is 0 Å². The number of aromatic nitrogens is 3. The Morgan fingerprint density at radius 1 is 1.10 bits per heavy atom. The zero-order chi connectivity index (χ0) is 20.3. The number of pyridine rings is 1. The van der Waals surface area contributed by atoms with Gasteiger partial charge in [0, 0.05) is 37.4 Å². The van der Waals surface area contributed by atoms with Crippen molar-refractivity contribution >= 4 is 11.6 Å². The van der Waals surface area contributed by atoms with Gasteiger partial charge in [-0.1, -0.05) is 6.07 Å². The quantitative estimate of drug-likeness (QED) is 0.650. The molecule has 0 saturated carbocycles. The smallest absolute Gasteiger partial charge is 0.253 e. The molecule has 0 radical (unpaired) electrons. The SMILES string of the molecule is O=C(c1ccc(OC[C@@H]2CCCO2)cc1)N1CCC[C@H](c2nnc3ccccn23)C1. The van der Waals surface area contributed by atoms with Crippen molar-refractivity contribution in [1.82, 2.24) is 19.5 Å². The van der Waals surface area contributed by atoms with Crippen molar-refractivity contribution in [2.75, 3.05) is 26.3 Å². The molecule has 2 fully saturated rings. The van der Waals surface area contributed by atoms with E-state index in [2.05, 4.69) is 10.2 Å². The van der Waals surface area contributed by atoms with Gasteiger partial charge < -0.3 is 14.4 Å². The number of amides is 1. The first-order chi connectivity index (χ1) is 14.8. The molecule has 0 aliphatic carbocycles. The number of carbonyl (C=O) groups is 1. The van der Waals surface area contributed by atoms with E-state index in [9.17, 15) is 4.79 Å². The number of ether oxygens (including phenoxy) is 2. The Kier molecular flexibility index (Phi) is 5.36. The summed E-state index contributed by atoms with van der Waals surface area (Å²) in [6.07, 6.45) is 6.29. The highest BCUT2D eigenvalue weighted by atomic mass is 16.5. The van der Waals surface area contributed by atoms with E-state index in [0.29, 0.717) is 18.7 Å². The lowest BCUT2D eigenvalue weighted by Crippen LogP contribution is -2.39. The topological polar surface area (TPSA) is 69.0 Å². The average Bonchev–Trinajstić information content (AvgIpc) is 3.48. The molecular weight excluding hydrogens is 380 g/mol. The Labute approximate surface area is 175 Å². The number of nitrogens with zero attached hydrogens (tertiary/aromatic N) is 4. The summed E-state index contributed by atoms with van der Waals surface area (Å²) in [5, 5.41) is 8.66. The molecule has 0 bridgehead atoms. The van der Waals surface area contributed by atoms with Gasteiger partial charge in [0.2, 0.25) is 0 Å². The Bertz CT molecular complexity index is 1010. The molecule has 0 unspecified atom stereocenters. The van der Waals surface area contributed by atoms with Crippen LogP contribution < -0.4 is 4.74 Å². The third-order valence-corrected chi connectivity index (χ3v) is 5.97.